The molecule has 1 saturated heterocycles. The van der Waals surface area contributed by atoms with Crippen LogP contribution in [-0.4, -0.2) is 52.4 Å². The topological polar surface area (TPSA) is 90.1 Å². The predicted octanol–water partition coefficient (Wildman–Crippen LogP) is 1.81. The van der Waals surface area contributed by atoms with Crippen LogP contribution in [0.4, 0.5) is 0 Å². The number of benzene rings is 1. The van der Waals surface area contributed by atoms with Crippen LogP contribution in [0.5, 0.6) is 0 Å². The average molecular weight is 396 g/mol. The van der Waals surface area contributed by atoms with Crippen molar-refractivity contribution in [2.24, 2.45) is 0 Å². The zero-order valence-corrected chi connectivity index (χ0v) is 17.3. The highest BCUT2D eigenvalue weighted by Crippen LogP contribution is 2.35. The maximum absolute atomic E-state index is 12.9. The molecule has 2 aromatic rings. The summed E-state index contributed by atoms with van der Waals surface area (Å²) in [6.45, 7) is 7.92. The number of imidazole rings is 1. The molecule has 29 heavy (non-hydrogen) atoms. The van der Waals surface area contributed by atoms with E-state index in [9.17, 15) is 9.59 Å². The fraction of sp³-hybridized carbons (Fsp3) is 0.500. The van der Waals surface area contributed by atoms with E-state index in [4.69, 9.17) is 0 Å². The average Bonchev–Trinajstić information content (AvgIpc) is 3.18. The van der Waals surface area contributed by atoms with E-state index < -0.39 is 6.04 Å². The molecular formula is C22H29N5O2. The van der Waals surface area contributed by atoms with Gasteiger partial charge in [-0.2, -0.15) is 0 Å². The highest BCUT2D eigenvalue weighted by molar-refractivity contribution is 5.97. The molecule has 2 aliphatic rings. The standard InChI is InChI=1S/C22H29N5O2/c1-14-10-15(2)12-17(11-14)20(28)26-16(3)21(29)27-8-5-22(6-9-27)19-18(4-7-25-22)23-13-24-19/h10-13,16,25H,4-9H2,1-3H3,(H,23,24)(H,26,28)/t16-/m1/s1. The van der Waals surface area contributed by atoms with Crippen LogP contribution in [0.3, 0.4) is 0 Å². The zero-order chi connectivity index (χ0) is 20.6. The number of H-pyrrole nitrogens is 1. The van der Waals surface area contributed by atoms with Crippen molar-refractivity contribution in [2.75, 3.05) is 19.6 Å². The van der Waals surface area contributed by atoms with Crippen LogP contribution in [0.2, 0.25) is 0 Å². The number of aromatic nitrogens is 2. The second kappa shape index (κ2) is 7.63. The minimum atomic E-state index is -0.558. The minimum absolute atomic E-state index is 0.0318. The van der Waals surface area contributed by atoms with Gasteiger partial charge in [0.05, 0.1) is 17.6 Å². The molecule has 7 nitrogen and oxygen atoms in total. The number of nitrogens with one attached hydrogen (secondary N) is 3. The van der Waals surface area contributed by atoms with Gasteiger partial charge in [0.15, 0.2) is 0 Å². The number of hydrogen-bond donors (Lipinski definition) is 3. The van der Waals surface area contributed by atoms with Crippen molar-refractivity contribution in [3.63, 3.8) is 0 Å². The van der Waals surface area contributed by atoms with E-state index in [0.717, 1.165) is 42.6 Å². The third-order valence-electron chi connectivity index (χ3n) is 6.14. The Morgan fingerprint density at radius 2 is 1.86 bits per heavy atom. The smallest absolute Gasteiger partial charge is 0.251 e. The van der Waals surface area contributed by atoms with Gasteiger partial charge in [-0.05, 0) is 45.7 Å². The van der Waals surface area contributed by atoms with Gasteiger partial charge in [0.1, 0.15) is 6.04 Å². The van der Waals surface area contributed by atoms with Crippen molar-refractivity contribution in [3.05, 3.63) is 52.6 Å². The number of hydrogen-bond acceptors (Lipinski definition) is 4. The Balaban J connectivity index is 1.38. The quantitative estimate of drug-likeness (QED) is 0.739. The monoisotopic (exact) mass is 395 g/mol. The van der Waals surface area contributed by atoms with E-state index in [-0.39, 0.29) is 17.4 Å². The number of aryl methyl sites for hydroxylation is 2. The van der Waals surface area contributed by atoms with E-state index in [1.807, 2.05) is 36.9 Å². The Labute approximate surface area is 171 Å². The first kappa shape index (κ1) is 19.6. The predicted molar refractivity (Wildman–Crippen MR) is 111 cm³/mol. The molecule has 0 aliphatic carbocycles. The SMILES string of the molecule is Cc1cc(C)cc(C(=O)N[C@H](C)C(=O)N2CCC3(CC2)NCCc2[nH]cnc23)c1. The molecule has 0 unspecified atom stereocenters. The molecule has 1 aromatic heterocycles. The lowest BCUT2D eigenvalue weighted by Crippen LogP contribution is -2.57. The number of likely N-dealkylation sites (tertiary alicyclic amines) is 1. The van der Waals surface area contributed by atoms with Crippen molar-refractivity contribution in [2.45, 2.75) is 51.6 Å². The summed E-state index contributed by atoms with van der Waals surface area (Å²) in [7, 11) is 0. The lowest BCUT2D eigenvalue weighted by Gasteiger charge is -2.44. The molecule has 0 radical (unpaired) electrons. The van der Waals surface area contributed by atoms with E-state index in [1.165, 1.54) is 5.69 Å². The maximum atomic E-state index is 12.9. The van der Waals surface area contributed by atoms with Gasteiger partial charge in [0, 0.05) is 37.3 Å². The van der Waals surface area contributed by atoms with E-state index in [0.29, 0.717) is 18.7 Å². The zero-order valence-electron chi connectivity index (χ0n) is 17.3. The first-order valence-electron chi connectivity index (χ1n) is 10.3. The Morgan fingerprint density at radius 3 is 2.55 bits per heavy atom. The van der Waals surface area contributed by atoms with E-state index >= 15 is 0 Å². The first-order chi connectivity index (χ1) is 13.9. The molecule has 1 fully saturated rings. The Kier molecular flexibility index (Phi) is 5.17. The highest BCUT2D eigenvalue weighted by atomic mass is 16.2. The van der Waals surface area contributed by atoms with Crippen LogP contribution in [0.1, 0.15) is 52.6 Å². The molecular weight excluding hydrogens is 366 g/mol. The van der Waals surface area contributed by atoms with Crippen molar-refractivity contribution < 1.29 is 9.59 Å². The summed E-state index contributed by atoms with van der Waals surface area (Å²) in [5.41, 5.74) is 4.83. The lowest BCUT2D eigenvalue weighted by molar-refractivity contribution is -0.134. The molecule has 4 rings (SSSR count). The molecule has 1 atom stereocenters. The lowest BCUT2D eigenvalue weighted by atomic mass is 9.80. The Morgan fingerprint density at radius 1 is 1.17 bits per heavy atom. The molecule has 1 aromatic carbocycles. The normalized spacial score (nSPS) is 18.9. The van der Waals surface area contributed by atoms with Gasteiger partial charge in [0.25, 0.3) is 5.91 Å². The number of fused-ring (bicyclic) bond motifs is 2. The molecule has 0 bridgehead atoms. The summed E-state index contributed by atoms with van der Waals surface area (Å²) in [5.74, 6) is -0.239. The third-order valence-corrected chi connectivity index (χ3v) is 6.14. The molecule has 2 aliphatic heterocycles. The van der Waals surface area contributed by atoms with Gasteiger partial charge in [-0.25, -0.2) is 4.98 Å². The van der Waals surface area contributed by atoms with Crippen LogP contribution in [-0.2, 0) is 16.8 Å². The second-order valence-corrected chi connectivity index (χ2v) is 8.39. The van der Waals surface area contributed by atoms with Gasteiger partial charge in [-0.1, -0.05) is 17.2 Å². The highest BCUT2D eigenvalue weighted by Gasteiger charge is 2.42. The molecule has 154 valence electrons. The summed E-state index contributed by atoms with van der Waals surface area (Å²) in [4.78, 5) is 35.2. The van der Waals surface area contributed by atoms with E-state index in [2.05, 4.69) is 20.6 Å². The third kappa shape index (κ3) is 3.79. The summed E-state index contributed by atoms with van der Waals surface area (Å²) >= 11 is 0. The summed E-state index contributed by atoms with van der Waals surface area (Å²) in [6, 6.07) is 5.16. The van der Waals surface area contributed by atoms with Crippen molar-refractivity contribution in [1.82, 2.24) is 25.5 Å². The fourth-order valence-corrected chi connectivity index (χ4v) is 4.68. The van der Waals surface area contributed by atoms with Crippen LogP contribution in [0.25, 0.3) is 0 Å². The second-order valence-electron chi connectivity index (χ2n) is 8.39. The maximum Gasteiger partial charge on any atom is 0.251 e. The molecule has 2 amide bonds. The van der Waals surface area contributed by atoms with Gasteiger partial charge in [-0.3, -0.25) is 9.59 Å². The number of rotatable bonds is 3. The molecule has 0 saturated carbocycles. The van der Waals surface area contributed by atoms with Crippen LogP contribution < -0.4 is 10.6 Å². The van der Waals surface area contributed by atoms with Gasteiger partial charge in [0.2, 0.25) is 5.91 Å². The summed E-state index contributed by atoms with van der Waals surface area (Å²) in [5, 5.41) is 6.51. The first-order valence-corrected chi connectivity index (χ1v) is 10.3. The van der Waals surface area contributed by atoms with Crippen molar-refractivity contribution >= 4 is 11.8 Å². The van der Waals surface area contributed by atoms with Gasteiger partial charge >= 0.3 is 0 Å². The Bertz CT molecular complexity index is 907. The van der Waals surface area contributed by atoms with Crippen molar-refractivity contribution in [3.8, 4) is 0 Å². The number of aromatic amines is 1. The van der Waals surface area contributed by atoms with Crippen LogP contribution in [0, 0.1) is 13.8 Å². The number of carbonyl (C=O) groups is 2. The van der Waals surface area contributed by atoms with Crippen molar-refractivity contribution in [1.29, 1.82) is 0 Å². The largest absolute Gasteiger partial charge is 0.348 e. The molecule has 7 heteroatoms. The summed E-state index contributed by atoms with van der Waals surface area (Å²) in [6.07, 6.45) is 4.38. The number of amides is 2. The number of piperidine rings is 1. The molecule has 3 N–H and O–H groups in total. The number of carbonyl (C=O) groups excluding carboxylic acids is 2. The molecule has 1 spiro atoms. The minimum Gasteiger partial charge on any atom is -0.348 e. The molecule has 3 heterocycles. The fourth-order valence-electron chi connectivity index (χ4n) is 4.68. The summed E-state index contributed by atoms with van der Waals surface area (Å²) < 4.78 is 0. The number of nitrogens with zero attached hydrogens (tertiary/aromatic N) is 2. The Hall–Kier alpha value is -2.67. The van der Waals surface area contributed by atoms with E-state index in [1.54, 1.807) is 13.3 Å². The van der Waals surface area contributed by atoms with Crippen LogP contribution in [0.15, 0.2) is 24.5 Å². The van der Waals surface area contributed by atoms with Gasteiger partial charge in [-0.15, -0.1) is 0 Å². The van der Waals surface area contributed by atoms with Gasteiger partial charge < -0.3 is 20.5 Å². The van der Waals surface area contributed by atoms with Crippen LogP contribution >= 0.6 is 0 Å².